The maximum atomic E-state index is 13.6. The normalized spacial score (nSPS) is 19.0. The molecule has 8 heteroatoms. The number of aryl methyl sites for hydroxylation is 1. The van der Waals surface area contributed by atoms with E-state index >= 15 is 0 Å². The first-order chi connectivity index (χ1) is 15.4. The van der Waals surface area contributed by atoms with Crippen molar-refractivity contribution < 1.29 is 4.79 Å². The van der Waals surface area contributed by atoms with Gasteiger partial charge in [-0.3, -0.25) is 18.9 Å². The molecule has 0 aromatic carbocycles. The summed E-state index contributed by atoms with van der Waals surface area (Å²) in [5.74, 6) is 1.23. The summed E-state index contributed by atoms with van der Waals surface area (Å²) in [6, 6.07) is 3.82. The van der Waals surface area contributed by atoms with Crippen molar-refractivity contribution >= 4 is 51.7 Å². The van der Waals surface area contributed by atoms with Crippen LogP contribution in [0.3, 0.4) is 0 Å². The number of hydrogen-bond acceptors (Lipinski definition) is 6. The Bertz CT molecular complexity index is 1130. The molecule has 2 aliphatic heterocycles. The molecule has 0 unspecified atom stereocenters. The second kappa shape index (κ2) is 9.75. The van der Waals surface area contributed by atoms with E-state index in [1.54, 1.807) is 21.6 Å². The Kier molecular flexibility index (Phi) is 7.00. The van der Waals surface area contributed by atoms with E-state index in [1.807, 2.05) is 19.1 Å². The Balaban J connectivity index is 1.78. The number of thiocarbonyl (C=S) groups is 1. The van der Waals surface area contributed by atoms with Crippen molar-refractivity contribution in [1.82, 2.24) is 14.3 Å². The minimum Gasteiger partial charge on any atom is -0.356 e. The van der Waals surface area contributed by atoms with Crippen molar-refractivity contribution in [2.75, 3.05) is 24.5 Å². The number of thioether (sulfide) groups is 1. The molecule has 0 bridgehead atoms. The highest BCUT2D eigenvalue weighted by molar-refractivity contribution is 8.26. The lowest BCUT2D eigenvalue weighted by atomic mass is 9.99. The summed E-state index contributed by atoms with van der Waals surface area (Å²) in [6.45, 7) is 8.69. The van der Waals surface area contributed by atoms with Gasteiger partial charge < -0.3 is 4.90 Å². The predicted molar refractivity (Wildman–Crippen MR) is 136 cm³/mol. The number of unbranched alkanes of at least 4 members (excludes halogenated alkanes) is 2. The highest BCUT2D eigenvalue weighted by Gasteiger charge is 2.32. The molecule has 0 atom stereocenters. The van der Waals surface area contributed by atoms with Gasteiger partial charge in [-0.15, -0.1) is 0 Å². The van der Waals surface area contributed by atoms with Gasteiger partial charge >= 0.3 is 0 Å². The number of amides is 1. The molecule has 0 spiro atoms. The van der Waals surface area contributed by atoms with Crippen LogP contribution in [0.25, 0.3) is 11.7 Å². The Morgan fingerprint density at radius 2 is 2.00 bits per heavy atom. The summed E-state index contributed by atoms with van der Waals surface area (Å²) < 4.78 is 2.15. The Hall–Kier alpha value is -2.19. The number of rotatable bonds is 6. The first kappa shape index (κ1) is 23.0. The fourth-order valence-corrected chi connectivity index (χ4v) is 5.52. The zero-order valence-corrected chi connectivity index (χ0v) is 20.6. The quantitative estimate of drug-likeness (QED) is 0.349. The fourth-order valence-electron chi connectivity index (χ4n) is 4.23. The van der Waals surface area contributed by atoms with Crippen molar-refractivity contribution in [2.45, 2.75) is 52.9 Å². The molecule has 2 aromatic rings. The van der Waals surface area contributed by atoms with Gasteiger partial charge in [0.25, 0.3) is 11.5 Å². The molecule has 2 saturated heterocycles. The maximum Gasteiger partial charge on any atom is 0.267 e. The van der Waals surface area contributed by atoms with Crippen LogP contribution in [0.4, 0.5) is 5.82 Å². The van der Waals surface area contributed by atoms with Gasteiger partial charge in [0.2, 0.25) is 0 Å². The summed E-state index contributed by atoms with van der Waals surface area (Å²) in [4.78, 5) is 35.9. The van der Waals surface area contributed by atoms with E-state index in [2.05, 4.69) is 18.7 Å². The average molecular weight is 471 g/mol. The molecule has 2 aliphatic rings. The van der Waals surface area contributed by atoms with E-state index in [9.17, 15) is 9.59 Å². The van der Waals surface area contributed by atoms with Gasteiger partial charge in [0.15, 0.2) is 0 Å². The molecule has 0 radical (unpaired) electrons. The summed E-state index contributed by atoms with van der Waals surface area (Å²) >= 11 is 6.76. The SMILES string of the molecule is CCCCCN1C(=O)C(=Cc2c(N3CCC(C)CC3)nc3c(C)cccn3c2=O)SC1=S. The smallest absolute Gasteiger partial charge is 0.267 e. The predicted octanol–water partition coefficient (Wildman–Crippen LogP) is 4.63. The Labute approximate surface area is 198 Å². The number of carbonyl (C=O) groups excluding carboxylic acids is 1. The molecule has 0 saturated carbocycles. The topological polar surface area (TPSA) is 57.9 Å². The molecule has 2 aromatic heterocycles. The van der Waals surface area contributed by atoms with Crippen LogP contribution in [0.1, 0.15) is 57.1 Å². The second-order valence-corrected chi connectivity index (χ2v) is 10.4. The lowest BCUT2D eigenvalue weighted by Gasteiger charge is -2.32. The minimum absolute atomic E-state index is 0.108. The van der Waals surface area contributed by atoms with Crippen LogP contribution in [-0.2, 0) is 4.79 Å². The zero-order valence-electron chi connectivity index (χ0n) is 19.0. The second-order valence-electron chi connectivity index (χ2n) is 8.75. The Morgan fingerprint density at radius 3 is 2.72 bits per heavy atom. The van der Waals surface area contributed by atoms with Crippen LogP contribution in [0.15, 0.2) is 28.0 Å². The van der Waals surface area contributed by atoms with Crippen LogP contribution >= 0.6 is 24.0 Å². The Morgan fingerprint density at radius 1 is 1.25 bits per heavy atom. The van der Waals surface area contributed by atoms with Crippen LogP contribution in [0.5, 0.6) is 0 Å². The van der Waals surface area contributed by atoms with Gasteiger partial charge in [0.05, 0.1) is 10.5 Å². The number of piperidine rings is 1. The third-order valence-electron chi connectivity index (χ3n) is 6.28. The van der Waals surface area contributed by atoms with E-state index in [4.69, 9.17) is 17.2 Å². The van der Waals surface area contributed by atoms with Gasteiger partial charge in [0, 0.05) is 25.8 Å². The van der Waals surface area contributed by atoms with E-state index < -0.39 is 0 Å². The molecule has 1 amide bonds. The number of pyridine rings is 1. The first-order valence-electron chi connectivity index (χ1n) is 11.4. The standard InChI is InChI=1S/C24H30N4O2S2/c1-4-5-6-11-28-23(30)19(32-24(28)31)15-18-21(26-13-9-16(2)10-14-26)25-20-17(3)8-7-12-27(20)22(18)29/h7-8,12,15-16H,4-6,9-11,13-14H2,1-3H3. The van der Waals surface area contributed by atoms with Crippen molar-refractivity contribution in [1.29, 1.82) is 0 Å². The molecule has 6 nitrogen and oxygen atoms in total. The summed E-state index contributed by atoms with van der Waals surface area (Å²) in [6.07, 6.45) is 8.66. The zero-order chi connectivity index (χ0) is 22.8. The van der Waals surface area contributed by atoms with Crippen molar-refractivity contribution in [2.24, 2.45) is 5.92 Å². The monoisotopic (exact) mass is 470 g/mol. The molecule has 0 aliphatic carbocycles. The van der Waals surface area contributed by atoms with E-state index in [1.165, 1.54) is 11.8 Å². The van der Waals surface area contributed by atoms with Gasteiger partial charge in [-0.25, -0.2) is 4.98 Å². The number of anilines is 1. The first-order valence-corrected chi connectivity index (χ1v) is 12.7. The molecule has 170 valence electrons. The third kappa shape index (κ3) is 4.48. The summed E-state index contributed by atoms with van der Waals surface area (Å²) in [5.41, 5.74) is 1.93. The van der Waals surface area contributed by atoms with Crippen molar-refractivity contribution in [3.63, 3.8) is 0 Å². The molecular weight excluding hydrogens is 440 g/mol. The number of fused-ring (bicyclic) bond motifs is 1. The largest absolute Gasteiger partial charge is 0.356 e. The number of carbonyl (C=O) groups is 1. The number of nitrogens with zero attached hydrogens (tertiary/aromatic N) is 4. The molecule has 4 heterocycles. The maximum absolute atomic E-state index is 13.6. The number of hydrogen-bond donors (Lipinski definition) is 0. The van der Waals surface area contributed by atoms with E-state index in [-0.39, 0.29) is 11.5 Å². The molecule has 4 rings (SSSR count). The minimum atomic E-state index is -0.149. The average Bonchev–Trinajstić information content (AvgIpc) is 3.04. The van der Waals surface area contributed by atoms with E-state index in [0.29, 0.717) is 38.7 Å². The lowest BCUT2D eigenvalue weighted by molar-refractivity contribution is -0.122. The highest BCUT2D eigenvalue weighted by atomic mass is 32.2. The van der Waals surface area contributed by atoms with E-state index in [0.717, 1.165) is 50.8 Å². The molecule has 0 N–H and O–H groups in total. The van der Waals surface area contributed by atoms with Crippen molar-refractivity contribution in [3.8, 4) is 0 Å². The van der Waals surface area contributed by atoms with Gasteiger partial charge in [-0.2, -0.15) is 0 Å². The van der Waals surface area contributed by atoms with Gasteiger partial charge in [-0.05, 0) is 49.8 Å². The third-order valence-corrected chi connectivity index (χ3v) is 7.66. The van der Waals surface area contributed by atoms with Crippen LogP contribution in [-0.4, -0.2) is 44.1 Å². The lowest BCUT2D eigenvalue weighted by Crippen LogP contribution is -2.36. The van der Waals surface area contributed by atoms with Gasteiger partial charge in [0.1, 0.15) is 15.8 Å². The van der Waals surface area contributed by atoms with Crippen LogP contribution in [0, 0.1) is 12.8 Å². The van der Waals surface area contributed by atoms with Crippen LogP contribution in [0.2, 0.25) is 0 Å². The molecular formula is C24H30N4O2S2. The molecule has 2 fully saturated rings. The molecule has 32 heavy (non-hydrogen) atoms. The summed E-state index contributed by atoms with van der Waals surface area (Å²) in [5, 5.41) is 0. The van der Waals surface area contributed by atoms with Crippen LogP contribution < -0.4 is 10.5 Å². The summed E-state index contributed by atoms with van der Waals surface area (Å²) in [7, 11) is 0. The number of aromatic nitrogens is 2. The highest BCUT2D eigenvalue weighted by Crippen LogP contribution is 2.34. The van der Waals surface area contributed by atoms with Crippen molar-refractivity contribution in [3.05, 3.63) is 44.7 Å². The van der Waals surface area contributed by atoms with Gasteiger partial charge in [-0.1, -0.05) is 56.7 Å². The fraction of sp³-hybridized carbons (Fsp3) is 0.500.